The second-order valence-corrected chi connectivity index (χ2v) is 7.70. The zero-order valence-electron chi connectivity index (χ0n) is 30.8. The van der Waals surface area contributed by atoms with E-state index in [0.717, 1.165) is 6.92 Å². The fourth-order valence-electron chi connectivity index (χ4n) is 3.97. The van der Waals surface area contributed by atoms with Crippen molar-refractivity contribution in [1.29, 1.82) is 1.43 Å². The largest absolute Gasteiger partial charge is 0.462 e. The molecule has 0 bridgehead atoms. The number of ether oxygens (including phenoxy) is 2. The summed E-state index contributed by atoms with van der Waals surface area (Å²) in [5.41, 5.74) is -0.330. The van der Waals surface area contributed by atoms with Crippen LogP contribution in [0.4, 0.5) is 0 Å². The number of esters is 2. The number of hydrogen-bond donors (Lipinski definition) is 1. The van der Waals surface area contributed by atoms with Crippen molar-refractivity contribution in [3.63, 3.8) is 0 Å². The second-order valence-electron chi connectivity index (χ2n) is 7.70. The van der Waals surface area contributed by atoms with Gasteiger partial charge in [-0.3, -0.25) is 9.59 Å². The summed E-state index contributed by atoms with van der Waals surface area (Å²) in [6, 6.07) is -1.88. The van der Waals surface area contributed by atoms with E-state index in [1.54, 1.807) is 0 Å². The fourth-order valence-corrected chi connectivity index (χ4v) is 3.97. The highest BCUT2D eigenvalue weighted by molar-refractivity contribution is 5.72. The van der Waals surface area contributed by atoms with E-state index in [4.69, 9.17) is 28.7 Å². The first-order chi connectivity index (χ1) is 19.3. The molecule has 0 aromatic carbocycles. The molecule has 3 aliphatic rings. The smallest absolute Gasteiger partial charge is 0.308 e. The maximum absolute atomic E-state index is 13.4. The van der Waals surface area contributed by atoms with Gasteiger partial charge in [0.1, 0.15) is 12.2 Å². The molecular weight excluding hydrogens is 368 g/mol. The van der Waals surface area contributed by atoms with Crippen molar-refractivity contribution in [3.8, 4) is 0 Å². The third kappa shape index (κ3) is 5.30. The first kappa shape index (κ1) is 10.1. The Morgan fingerprint density at radius 1 is 1.62 bits per heavy atom. The molecule has 0 radical (unpaired) electrons. The van der Waals surface area contributed by atoms with Gasteiger partial charge < -0.3 is 14.6 Å². The molecule has 0 aromatic heterocycles. The van der Waals surface area contributed by atoms with Crippen LogP contribution in [0.1, 0.15) is 83.9 Å². The Balaban J connectivity index is 2.16. The van der Waals surface area contributed by atoms with Crippen molar-refractivity contribution in [1.82, 2.24) is 0 Å². The number of aliphatic hydroxyl groups is 1. The molecular formula is C24H36O5. The molecule has 5 nitrogen and oxygen atoms in total. The number of allylic oxidation sites excluding steroid dienone is 3. The van der Waals surface area contributed by atoms with Gasteiger partial charge in [-0.25, -0.2) is 0 Å². The average Bonchev–Trinajstić information content (AvgIpc) is 2.87. The number of cyclic esters (lactones) is 1. The molecule has 5 heteroatoms. The third-order valence-electron chi connectivity index (χ3n) is 5.47. The van der Waals surface area contributed by atoms with Crippen LogP contribution in [0.15, 0.2) is 23.7 Å². The normalized spacial score (nSPS) is 54.7. The van der Waals surface area contributed by atoms with Crippen LogP contribution in [0.2, 0.25) is 0 Å². The number of hydrogen-bond acceptors (Lipinski definition) is 5. The predicted molar refractivity (Wildman–Crippen MR) is 111 cm³/mol. The van der Waals surface area contributed by atoms with E-state index in [2.05, 4.69) is 5.11 Å². The molecule has 8 atom stereocenters. The number of rotatable bonds is 7. The van der Waals surface area contributed by atoms with Crippen LogP contribution in [0.5, 0.6) is 0 Å². The SMILES string of the molecule is [2H]O[C@H]1CC(=O)OC(CC[C@@H]2[C@@H]3C(=C([2H])[C@]([2H])(C)C([2H])([2H])C3OC(=O)[C@@]([2H])(C)C([2H])([2H])C([2H])([2H])[2H])C([2H])=C([2H])[C@]2([2H])C)C1. The summed E-state index contributed by atoms with van der Waals surface area (Å²) in [5, 5.41) is 4.55. The quantitative estimate of drug-likeness (QED) is 0.628. The van der Waals surface area contributed by atoms with Crippen molar-refractivity contribution >= 4 is 11.9 Å². The molecule has 1 heterocycles. The molecule has 0 saturated carbocycles. The minimum absolute atomic E-state index is 0.0159. The summed E-state index contributed by atoms with van der Waals surface area (Å²) in [5.74, 6) is -12.7. The van der Waals surface area contributed by atoms with Gasteiger partial charge >= 0.3 is 11.9 Å². The van der Waals surface area contributed by atoms with Crippen LogP contribution < -0.4 is 0 Å². The van der Waals surface area contributed by atoms with E-state index < -0.39 is 97.5 Å². The first-order valence-electron chi connectivity index (χ1n) is 16.6. The van der Waals surface area contributed by atoms with Gasteiger partial charge in [-0.2, -0.15) is 0 Å². The van der Waals surface area contributed by atoms with E-state index >= 15 is 0 Å². The zero-order chi connectivity index (χ0) is 33.3. The Labute approximate surface area is 194 Å². The van der Waals surface area contributed by atoms with Crippen molar-refractivity contribution in [2.45, 2.75) is 84.4 Å². The van der Waals surface area contributed by atoms with Gasteiger partial charge in [0, 0.05) is 26.0 Å². The van der Waals surface area contributed by atoms with E-state index in [9.17, 15) is 9.59 Å². The Morgan fingerprint density at radius 2 is 2.45 bits per heavy atom. The Hall–Kier alpha value is -1.62. The van der Waals surface area contributed by atoms with Crippen LogP contribution in [0.3, 0.4) is 0 Å². The highest BCUT2D eigenvalue weighted by Crippen LogP contribution is 2.45. The van der Waals surface area contributed by atoms with Gasteiger partial charge in [0.25, 0.3) is 0 Å². The second kappa shape index (κ2) is 9.46. The molecule has 0 aromatic rings. The van der Waals surface area contributed by atoms with Crippen LogP contribution >= 0.6 is 0 Å². The van der Waals surface area contributed by atoms with E-state index in [1.165, 1.54) is 6.92 Å². The minimum Gasteiger partial charge on any atom is -0.462 e. The maximum atomic E-state index is 13.4. The summed E-state index contributed by atoms with van der Waals surface area (Å²) < 4.78 is 126. The van der Waals surface area contributed by atoms with Crippen LogP contribution in [-0.2, 0) is 19.1 Å². The highest BCUT2D eigenvalue weighted by atomic mass is 16.5. The van der Waals surface area contributed by atoms with E-state index in [-0.39, 0.29) is 31.3 Å². The molecule has 0 amide bonds. The highest BCUT2D eigenvalue weighted by Gasteiger charge is 2.42. The molecule has 2 aliphatic carbocycles. The lowest BCUT2D eigenvalue weighted by Crippen LogP contribution is -2.42. The van der Waals surface area contributed by atoms with Gasteiger partial charge in [0.05, 0.1) is 22.5 Å². The fraction of sp³-hybridized carbons (Fsp3) is 0.750. The first-order valence-corrected chi connectivity index (χ1v) is 9.70. The molecule has 1 N–H and O–H groups in total. The summed E-state index contributed by atoms with van der Waals surface area (Å²) >= 11 is 0. The van der Waals surface area contributed by atoms with E-state index in [0.29, 0.717) is 6.92 Å². The molecule has 1 saturated heterocycles. The third-order valence-corrected chi connectivity index (χ3v) is 5.47. The number of aliphatic hydroxyl groups excluding tert-OH is 1. The topological polar surface area (TPSA) is 72.8 Å². The molecule has 2 unspecified atom stereocenters. The summed E-state index contributed by atoms with van der Waals surface area (Å²) in [7, 11) is 0. The van der Waals surface area contributed by atoms with E-state index in [1.807, 2.05) is 0 Å². The molecule has 3 rings (SSSR count). The Kier molecular flexibility index (Phi) is 3.30. The summed E-state index contributed by atoms with van der Waals surface area (Å²) in [6.07, 6.45) is -10.2. The number of fused-ring (bicyclic) bond motifs is 1. The van der Waals surface area contributed by atoms with Crippen LogP contribution in [0.25, 0.3) is 0 Å². The minimum atomic E-state index is -3.46. The van der Waals surface area contributed by atoms with Crippen molar-refractivity contribution in [3.05, 3.63) is 23.7 Å². The van der Waals surface area contributed by atoms with Crippen molar-refractivity contribution < 1.29 is 42.0 Å². The Morgan fingerprint density at radius 3 is 3.21 bits per heavy atom. The lowest BCUT2D eigenvalue weighted by Gasteiger charge is -2.43. The van der Waals surface area contributed by atoms with Crippen LogP contribution in [0, 0.1) is 29.5 Å². The molecule has 1 fully saturated rings. The van der Waals surface area contributed by atoms with Gasteiger partial charge in [0.15, 0.2) is 0 Å². The van der Waals surface area contributed by atoms with Gasteiger partial charge in [0.2, 0.25) is 1.43 Å². The Bertz CT molecular complexity index is 1210. The lowest BCUT2D eigenvalue weighted by molar-refractivity contribution is -0.162. The number of carbonyl (C=O) groups excluding carboxylic acids is 2. The van der Waals surface area contributed by atoms with Gasteiger partial charge in [-0.1, -0.05) is 45.8 Å². The maximum Gasteiger partial charge on any atom is 0.308 e. The summed E-state index contributed by atoms with van der Waals surface area (Å²) in [6.45, 7) is -0.508. The summed E-state index contributed by atoms with van der Waals surface area (Å²) in [4.78, 5) is 25.4. The lowest BCUT2D eigenvalue weighted by atomic mass is 9.65. The molecule has 162 valence electrons. The zero-order valence-corrected chi connectivity index (χ0v) is 16.8. The van der Waals surface area contributed by atoms with Gasteiger partial charge in [-0.15, -0.1) is 0 Å². The monoisotopic (exact) mass is 418 g/mol. The van der Waals surface area contributed by atoms with Gasteiger partial charge in [-0.05, 0) is 48.9 Å². The van der Waals surface area contributed by atoms with Crippen molar-refractivity contribution in [2.24, 2.45) is 29.5 Å². The molecule has 1 aliphatic heterocycles. The molecule has 29 heavy (non-hydrogen) atoms. The van der Waals surface area contributed by atoms with Crippen molar-refractivity contribution in [2.75, 3.05) is 0 Å². The molecule has 0 spiro atoms. The average molecular weight is 419 g/mol. The standard InChI is InChI=1S/C24H36O5/c1-5-15(3)24(27)29-21-11-14(2)10-17-7-6-16(4)20(23(17)21)9-8-19-12-18(25)13-22(26)28-19/h6-7,10,14-16,18-21,23,25H,5,8-9,11-13H2,1-4H3/t14-,15-,16-,18+,19?,20-,21?,23-/m0/s1/i1D3,5D2,6D,7D,10D,11D2,14D,15D,16D,25D. The van der Waals surface area contributed by atoms with Crippen LogP contribution in [-0.4, -0.2) is 36.8 Å². The number of carbonyl (C=O) groups is 2. The predicted octanol–water partition coefficient (Wildman–Crippen LogP) is 4.20.